The number of allylic oxidation sites excluding steroid dienone is 2. The molecule has 1 aromatic heterocycles. The monoisotopic (exact) mass is 322 g/mol. The summed E-state index contributed by atoms with van der Waals surface area (Å²) in [4.78, 5) is 0. The minimum absolute atomic E-state index is 0.430. The normalized spacial score (nSPS) is 12.2. The van der Waals surface area contributed by atoms with E-state index in [0.29, 0.717) is 5.46 Å². The van der Waals surface area contributed by atoms with Gasteiger partial charge in [0.25, 0.3) is 0 Å². The van der Waals surface area contributed by atoms with E-state index >= 15 is 0 Å². The minimum Gasteiger partial charge on any atom is -0.423 e. The zero-order chi connectivity index (χ0) is 17.7. The molecule has 4 nitrogen and oxygen atoms in total. The predicted molar refractivity (Wildman–Crippen MR) is 103 cm³/mol. The van der Waals surface area contributed by atoms with Crippen LogP contribution in [0, 0.1) is 0 Å². The van der Waals surface area contributed by atoms with Gasteiger partial charge in [-0.05, 0) is 12.1 Å². The largest absolute Gasteiger partial charge is 0.490 e. The number of rotatable bonds is 4. The molecule has 124 valence electrons. The average molecular weight is 322 g/mol. The summed E-state index contributed by atoms with van der Waals surface area (Å²) in [6, 6.07) is 13.4. The molecule has 0 saturated heterocycles. The van der Waals surface area contributed by atoms with Crippen molar-refractivity contribution in [3.05, 3.63) is 67.3 Å². The van der Waals surface area contributed by atoms with Crippen LogP contribution in [-0.2, 0) is 0 Å². The van der Waals surface area contributed by atoms with Crippen LogP contribution in [0.2, 0.25) is 0 Å². The van der Waals surface area contributed by atoms with Crippen LogP contribution in [0.15, 0.2) is 67.3 Å². The van der Waals surface area contributed by atoms with Crippen molar-refractivity contribution in [1.29, 1.82) is 0 Å². The molecule has 0 saturated carbocycles. The molecule has 1 heterocycles. The van der Waals surface area contributed by atoms with Crippen molar-refractivity contribution in [3.63, 3.8) is 0 Å². The molecule has 0 aliphatic rings. The first-order chi connectivity index (χ1) is 11.6. The molecular formula is C19H23BN2O2. The van der Waals surface area contributed by atoms with E-state index in [4.69, 9.17) is 5.73 Å². The average Bonchev–Trinajstić information content (AvgIpc) is 2.96. The Kier molecular flexibility index (Phi) is 5.98. The Bertz CT molecular complexity index is 868. The molecule has 0 fully saturated rings. The number of nitrogens with zero attached hydrogens (tertiary/aromatic N) is 1. The molecule has 0 radical (unpaired) electrons. The second-order valence-corrected chi connectivity index (χ2v) is 5.12. The second-order valence-electron chi connectivity index (χ2n) is 5.12. The van der Waals surface area contributed by atoms with Crippen LogP contribution >= 0.6 is 0 Å². The van der Waals surface area contributed by atoms with Gasteiger partial charge >= 0.3 is 7.12 Å². The summed E-state index contributed by atoms with van der Waals surface area (Å²) in [5.41, 5.74) is 8.42. The zero-order valence-electron chi connectivity index (χ0n) is 14.1. The molecule has 2 aromatic carbocycles. The van der Waals surface area contributed by atoms with Gasteiger partial charge in [-0.3, -0.25) is 0 Å². The van der Waals surface area contributed by atoms with E-state index in [1.807, 2.05) is 60.9 Å². The van der Waals surface area contributed by atoms with Crippen LogP contribution in [0.1, 0.15) is 20.0 Å². The fourth-order valence-electron chi connectivity index (χ4n) is 2.88. The third-order valence-electron chi connectivity index (χ3n) is 3.78. The number of fused-ring (bicyclic) bond motifs is 3. The van der Waals surface area contributed by atoms with Crippen molar-refractivity contribution in [3.8, 4) is 0 Å². The first kappa shape index (κ1) is 18.0. The summed E-state index contributed by atoms with van der Waals surface area (Å²) >= 11 is 0. The van der Waals surface area contributed by atoms with Crippen molar-refractivity contribution in [2.45, 2.75) is 20.0 Å². The van der Waals surface area contributed by atoms with Crippen molar-refractivity contribution in [2.75, 3.05) is 0 Å². The fraction of sp³-hybridized carbons (Fsp3) is 0.158. The van der Waals surface area contributed by atoms with Crippen LogP contribution < -0.4 is 11.2 Å². The Hall–Kier alpha value is -2.34. The quantitative estimate of drug-likeness (QED) is 0.511. The van der Waals surface area contributed by atoms with Crippen LogP contribution in [-0.4, -0.2) is 21.7 Å². The summed E-state index contributed by atoms with van der Waals surface area (Å²) in [5, 5.41) is 21.4. The minimum atomic E-state index is -1.55. The summed E-state index contributed by atoms with van der Waals surface area (Å²) in [6.07, 6.45) is 4.83. The van der Waals surface area contributed by atoms with E-state index in [9.17, 15) is 10.0 Å². The Labute approximate surface area is 142 Å². The lowest BCUT2D eigenvalue weighted by atomic mass is 9.79. The lowest BCUT2D eigenvalue weighted by Gasteiger charge is -2.15. The molecule has 0 bridgehead atoms. The highest BCUT2D eigenvalue weighted by Crippen LogP contribution is 2.30. The van der Waals surface area contributed by atoms with E-state index in [2.05, 4.69) is 6.58 Å². The molecule has 0 spiro atoms. The lowest BCUT2D eigenvalue weighted by Crippen LogP contribution is -2.32. The third-order valence-corrected chi connectivity index (χ3v) is 3.78. The molecule has 0 amide bonds. The molecular weight excluding hydrogens is 299 g/mol. The van der Waals surface area contributed by atoms with Gasteiger partial charge in [0.05, 0.1) is 11.0 Å². The molecule has 4 N–H and O–H groups in total. The maximum Gasteiger partial charge on any atom is 0.490 e. The van der Waals surface area contributed by atoms with Gasteiger partial charge in [0.2, 0.25) is 0 Å². The molecule has 3 aromatic rings. The Morgan fingerprint density at radius 2 is 1.75 bits per heavy atom. The van der Waals surface area contributed by atoms with Crippen LogP contribution in [0.5, 0.6) is 0 Å². The van der Waals surface area contributed by atoms with Crippen LogP contribution in [0.25, 0.3) is 21.8 Å². The number of aromatic nitrogens is 1. The number of para-hydroxylation sites is 2. The van der Waals surface area contributed by atoms with E-state index < -0.39 is 13.3 Å². The van der Waals surface area contributed by atoms with Gasteiger partial charge < -0.3 is 20.3 Å². The molecule has 0 aliphatic heterocycles. The molecule has 5 heteroatoms. The first-order valence-electron chi connectivity index (χ1n) is 8.07. The number of benzene rings is 2. The number of hydrogen-bond donors (Lipinski definition) is 3. The van der Waals surface area contributed by atoms with Gasteiger partial charge in [0.15, 0.2) is 0 Å². The highest BCUT2D eigenvalue weighted by Gasteiger charge is 2.21. The van der Waals surface area contributed by atoms with Crippen molar-refractivity contribution < 1.29 is 10.0 Å². The van der Waals surface area contributed by atoms with Gasteiger partial charge in [-0.25, -0.2) is 0 Å². The SMILES string of the molecule is C=C/C=C\C(N)n1c2ccccc2c2cccc(B(O)O)c21.CC. The summed E-state index contributed by atoms with van der Waals surface area (Å²) in [5.74, 6) is 0. The predicted octanol–water partition coefficient (Wildman–Crippen LogP) is 2.70. The van der Waals surface area contributed by atoms with Crippen molar-refractivity contribution in [1.82, 2.24) is 4.57 Å². The van der Waals surface area contributed by atoms with E-state index in [1.54, 1.807) is 18.2 Å². The van der Waals surface area contributed by atoms with Gasteiger partial charge in [-0.2, -0.15) is 0 Å². The Morgan fingerprint density at radius 3 is 2.42 bits per heavy atom. The smallest absolute Gasteiger partial charge is 0.423 e. The molecule has 1 unspecified atom stereocenters. The summed E-state index contributed by atoms with van der Waals surface area (Å²) in [6.45, 7) is 7.65. The van der Waals surface area contributed by atoms with Crippen LogP contribution in [0.4, 0.5) is 0 Å². The van der Waals surface area contributed by atoms with Gasteiger partial charge in [-0.1, -0.05) is 69.0 Å². The summed E-state index contributed by atoms with van der Waals surface area (Å²) < 4.78 is 1.92. The van der Waals surface area contributed by atoms with Crippen molar-refractivity contribution in [2.24, 2.45) is 5.73 Å². The lowest BCUT2D eigenvalue weighted by molar-refractivity contribution is 0.426. The zero-order valence-corrected chi connectivity index (χ0v) is 14.1. The van der Waals surface area contributed by atoms with Crippen molar-refractivity contribution >= 4 is 34.4 Å². The molecule has 3 rings (SSSR count). The van der Waals surface area contributed by atoms with Gasteiger partial charge in [0.1, 0.15) is 6.17 Å². The standard InChI is InChI=1S/C17H17BN2O2.C2H6/c1-2-3-11-16(19)20-15-10-5-4-7-12(15)13-8-6-9-14(17(13)20)18(21)22;1-2/h2-11,16,21-22H,1,19H2;1-2H3/b11-3-;. The summed E-state index contributed by atoms with van der Waals surface area (Å²) in [7, 11) is -1.55. The maximum absolute atomic E-state index is 9.70. The van der Waals surface area contributed by atoms with Gasteiger partial charge in [-0.15, -0.1) is 0 Å². The van der Waals surface area contributed by atoms with Gasteiger partial charge in [0, 0.05) is 16.2 Å². The molecule has 1 atom stereocenters. The first-order valence-corrected chi connectivity index (χ1v) is 8.07. The fourth-order valence-corrected chi connectivity index (χ4v) is 2.88. The third kappa shape index (κ3) is 3.15. The number of hydrogen-bond acceptors (Lipinski definition) is 3. The number of nitrogens with two attached hydrogens (primary N) is 1. The molecule has 0 aliphatic carbocycles. The highest BCUT2D eigenvalue weighted by molar-refractivity contribution is 6.62. The van der Waals surface area contributed by atoms with E-state index in [0.717, 1.165) is 21.8 Å². The molecule has 24 heavy (non-hydrogen) atoms. The maximum atomic E-state index is 9.70. The highest BCUT2D eigenvalue weighted by atomic mass is 16.4. The second kappa shape index (κ2) is 7.97. The topological polar surface area (TPSA) is 71.4 Å². The van der Waals surface area contributed by atoms with Crippen LogP contribution in [0.3, 0.4) is 0 Å². The Balaban J connectivity index is 0.00000100. The van der Waals surface area contributed by atoms with E-state index in [-0.39, 0.29) is 0 Å². The Morgan fingerprint density at radius 1 is 1.08 bits per heavy atom. The van der Waals surface area contributed by atoms with E-state index in [1.165, 1.54) is 0 Å².